The van der Waals surface area contributed by atoms with Crippen LogP contribution in [-0.4, -0.2) is 16.8 Å². The van der Waals surface area contributed by atoms with Crippen molar-refractivity contribution in [2.24, 2.45) is 4.99 Å². The zero-order chi connectivity index (χ0) is 23.5. The highest BCUT2D eigenvalue weighted by Crippen LogP contribution is 2.28. The van der Waals surface area contributed by atoms with E-state index in [9.17, 15) is 14.9 Å². The summed E-state index contributed by atoms with van der Waals surface area (Å²) in [5.74, 6) is -0.151. The molecule has 0 fully saturated rings. The van der Waals surface area contributed by atoms with Gasteiger partial charge in [-0.1, -0.05) is 53.0 Å². The van der Waals surface area contributed by atoms with E-state index in [0.717, 1.165) is 5.56 Å². The van der Waals surface area contributed by atoms with E-state index in [1.165, 1.54) is 24.3 Å². The molecule has 3 aromatic rings. The maximum Gasteiger partial charge on any atom is 0.363 e. The van der Waals surface area contributed by atoms with Gasteiger partial charge in [0.2, 0.25) is 5.90 Å². The highest BCUT2D eigenvalue weighted by Gasteiger charge is 2.26. The highest BCUT2D eigenvalue weighted by molar-refractivity contribution is 6.42. The Morgan fingerprint density at radius 1 is 1.00 bits per heavy atom. The van der Waals surface area contributed by atoms with Crippen LogP contribution in [0, 0.1) is 10.1 Å². The van der Waals surface area contributed by atoms with Crippen LogP contribution in [0.25, 0.3) is 6.08 Å². The Morgan fingerprint density at radius 3 is 2.55 bits per heavy atom. The lowest BCUT2D eigenvalue weighted by atomic mass is 10.2. The normalized spacial score (nSPS) is 14.2. The Hall–Kier alpha value is -3.39. The van der Waals surface area contributed by atoms with Crippen LogP contribution in [0.5, 0.6) is 5.75 Å². The van der Waals surface area contributed by atoms with E-state index in [1.54, 1.807) is 36.4 Å². The molecular formula is C23H13Cl3N2O5. The van der Waals surface area contributed by atoms with Gasteiger partial charge in [-0.2, -0.15) is 0 Å². The van der Waals surface area contributed by atoms with E-state index in [1.807, 2.05) is 6.07 Å². The standard InChI is InChI=1S/C23H13Cl3N2O5/c24-17-6-4-14(9-19(17)26)12-32-16-3-1-2-13(8-16)10-20-23(29)33-22(27-20)15-5-7-18(25)21(11-15)28(30)31/h1-11H,12H2/b20-10-. The van der Waals surface area contributed by atoms with Crippen LogP contribution in [0.2, 0.25) is 15.1 Å². The number of rotatable bonds is 6. The first-order valence-electron chi connectivity index (χ1n) is 9.44. The number of carbonyl (C=O) groups is 1. The summed E-state index contributed by atoms with van der Waals surface area (Å²) in [5, 5.41) is 12.0. The topological polar surface area (TPSA) is 91.0 Å². The van der Waals surface area contributed by atoms with Crippen LogP contribution in [0.3, 0.4) is 0 Å². The molecule has 0 radical (unpaired) electrons. The Labute approximate surface area is 203 Å². The van der Waals surface area contributed by atoms with E-state index < -0.39 is 10.9 Å². The molecule has 0 saturated carbocycles. The summed E-state index contributed by atoms with van der Waals surface area (Å²) in [5.41, 5.74) is 1.50. The van der Waals surface area contributed by atoms with Crippen molar-refractivity contribution in [1.82, 2.24) is 0 Å². The van der Waals surface area contributed by atoms with Crippen LogP contribution in [-0.2, 0) is 16.1 Å². The van der Waals surface area contributed by atoms with Crippen LogP contribution in [0.1, 0.15) is 16.7 Å². The lowest BCUT2D eigenvalue weighted by molar-refractivity contribution is -0.384. The van der Waals surface area contributed by atoms with E-state index in [-0.39, 0.29) is 34.5 Å². The van der Waals surface area contributed by atoms with Gasteiger partial charge in [0.05, 0.1) is 15.0 Å². The summed E-state index contributed by atoms with van der Waals surface area (Å²) in [6, 6.07) is 16.3. The molecule has 0 saturated heterocycles. The number of nitro groups is 1. The predicted molar refractivity (Wildman–Crippen MR) is 126 cm³/mol. The van der Waals surface area contributed by atoms with E-state index in [2.05, 4.69) is 4.99 Å². The number of aliphatic imine (C=N–C) groups is 1. The summed E-state index contributed by atoms with van der Waals surface area (Å²) in [7, 11) is 0. The number of nitrogens with zero attached hydrogens (tertiary/aromatic N) is 2. The fraction of sp³-hybridized carbons (Fsp3) is 0.0435. The van der Waals surface area contributed by atoms with Gasteiger partial charge < -0.3 is 9.47 Å². The van der Waals surface area contributed by atoms with E-state index in [4.69, 9.17) is 44.3 Å². The molecule has 0 aliphatic carbocycles. The third kappa shape index (κ3) is 5.34. The van der Waals surface area contributed by atoms with Gasteiger partial charge in [0.15, 0.2) is 5.70 Å². The average molecular weight is 504 g/mol. The molecule has 0 spiro atoms. The van der Waals surface area contributed by atoms with Gasteiger partial charge in [-0.05, 0) is 53.6 Å². The maximum absolute atomic E-state index is 12.3. The van der Waals surface area contributed by atoms with Crippen molar-refractivity contribution in [3.05, 3.63) is 108 Å². The molecule has 0 bridgehead atoms. The minimum Gasteiger partial charge on any atom is -0.489 e. The second-order valence-electron chi connectivity index (χ2n) is 6.87. The molecular weight excluding hydrogens is 491 g/mol. The molecule has 1 aliphatic rings. The van der Waals surface area contributed by atoms with Crippen molar-refractivity contribution in [2.75, 3.05) is 0 Å². The minimum atomic E-state index is -0.676. The number of benzene rings is 3. The number of ether oxygens (including phenoxy) is 2. The maximum atomic E-state index is 12.3. The number of halogens is 3. The van der Waals surface area contributed by atoms with Crippen molar-refractivity contribution in [3.63, 3.8) is 0 Å². The first kappa shape index (κ1) is 22.8. The smallest absolute Gasteiger partial charge is 0.363 e. The molecule has 0 N–H and O–H groups in total. The first-order valence-corrected chi connectivity index (χ1v) is 10.6. The summed E-state index contributed by atoms with van der Waals surface area (Å²) in [6.07, 6.45) is 1.53. The largest absolute Gasteiger partial charge is 0.489 e. The number of hydrogen-bond donors (Lipinski definition) is 0. The molecule has 0 amide bonds. The monoisotopic (exact) mass is 502 g/mol. The van der Waals surface area contributed by atoms with Crippen molar-refractivity contribution in [1.29, 1.82) is 0 Å². The number of carbonyl (C=O) groups excluding carboxylic acids is 1. The van der Waals surface area contributed by atoms with Crippen LogP contribution in [0.15, 0.2) is 71.4 Å². The van der Waals surface area contributed by atoms with Crippen molar-refractivity contribution in [2.45, 2.75) is 6.61 Å². The number of cyclic esters (lactones) is 1. The summed E-state index contributed by atoms with van der Waals surface area (Å²) < 4.78 is 11.0. The van der Waals surface area contributed by atoms with Gasteiger partial charge in [0, 0.05) is 11.6 Å². The molecule has 4 rings (SSSR count). The Morgan fingerprint density at radius 2 is 1.79 bits per heavy atom. The van der Waals surface area contributed by atoms with Crippen LogP contribution >= 0.6 is 34.8 Å². The van der Waals surface area contributed by atoms with Gasteiger partial charge in [-0.3, -0.25) is 10.1 Å². The van der Waals surface area contributed by atoms with Crippen molar-refractivity contribution < 1.29 is 19.2 Å². The van der Waals surface area contributed by atoms with Crippen LogP contribution < -0.4 is 4.74 Å². The number of nitro benzene ring substituents is 1. The van der Waals surface area contributed by atoms with Gasteiger partial charge in [-0.15, -0.1) is 0 Å². The van der Waals surface area contributed by atoms with Gasteiger partial charge in [0.25, 0.3) is 5.69 Å². The SMILES string of the molecule is O=C1OC(c2ccc(Cl)c([N+](=O)[O-])c2)=N/C1=C\c1cccc(OCc2ccc(Cl)c(Cl)c2)c1. The fourth-order valence-corrected chi connectivity index (χ4v) is 3.47. The molecule has 1 aliphatic heterocycles. The zero-order valence-corrected chi connectivity index (χ0v) is 18.9. The Balaban J connectivity index is 1.53. The quantitative estimate of drug-likeness (QED) is 0.166. The lowest BCUT2D eigenvalue weighted by Crippen LogP contribution is -2.06. The second kappa shape index (κ2) is 9.62. The first-order chi connectivity index (χ1) is 15.8. The van der Waals surface area contributed by atoms with Gasteiger partial charge >= 0.3 is 5.97 Å². The van der Waals surface area contributed by atoms with E-state index >= 15 is 0 Å². The summed E-state index contributed by atoms with van der Waals surface area (Å²) in [6.45, 7) is 0.274. The molecule has 166 valence electrons. The molecule has 33 heavy (non-hydrogen) atoms. The molecule has 0 aromatic heterocycles. The fourth-order valence-electron chi connectivity index (χ4n) is 2.97. The minimum absolute atomic E-state index is 0.0258. The molecule has 0 unspecified atom stereocenters. The molecule has 0 atom stereocenters. The third-order valence-corrected chi connectivity index (χ3v) is 5.62. The second-order valence-corrected chi connectivity index (χ2v) is 8.09. The lowest BCUT2D eigenvalue weighted by Gasteiger charge is -2.08. The van der Waals surface area contributed by atoms with E-state index in [0.29, 0.717) is 21.4 Å². The molecule has 10 heteroatoms. The third-order valence-electron chi connectivity index (χ3n) is 4.56. The molecule has 1 heterocycles. The molecule has 3 aromatic carbocycles. The number of hydrogen-bond acceptors (Lipinski definition) is 6. The molecule has 7 nitrogen and oxygen atoms in total. The van der Waals surface area contributed by atoms with Crippen LogP contribution in [0.4, 0.5) is 5.69 Å². The average Bonchev–Trinajstić information content (AvgIpc) is 3.15. The van der Waals surface area contributed by atoms with Crippen molar-refractivity contribution in [3.8, 4) is 5.75 Å². The van der Waals surface area contributed by atoms with Gasteiger partial charge in [0.1, 0.15) is 17.4 Å². The predicted octanol–water partition coefficient (Wildman–Crippen LogP) is 6.48. The Kier molecular flexibility index (Phi) is 6.65. The highest BCUT2D eigenvalue weighted by atomic mass is 35.5. The summed E-state index contributed by atoms with van der Waals surface area (Å²) in [4.78, 5) is 26.9. The van der Waals surface area contributed by atoms with Crippen molar-refractivity contribution >= 4 is 58.4 Å². The summed E-state index contributed by atoms with van der Waals surface area (Å²) >= 11 is 17.8. The number of esters is 1. The Bertz CT molecular complexity index is 1340. The zero-order valence-electron chi connectivity index (χ0n) is 16.6. The van der Waals surface area contributed by atoms with Gasteiger partial charge in [-0.25, -0.2) is 9.79 Å².